The summed E-state index contributed by atoms with van der Waals surface area (Å²) in [7, 11) is 0. The number of nitrogens with zero attached hydrogens (tertiary/aromatic N) is 2. The van der Waals surface area contributed by atoms with Crippen LogP contribution in [0.1, 0.15) is 29.5 Å². The number of aliphatic hydroxyl groups excluding tert-OH is 1. The fraction of sp³-hybridized carbons (Fsp3) is 0.286. The van der Waals surface area contributed by atoms with Crippen LogP contribution in [0.4, 0.5) is 0 Å². The molecule has 3 aromatic rings. The number of rotatable bonds is 8. The number of hydrogen-bond donors (Lipinski definition) is 1. The third-order valence-corrected chi connectivity index (χ3v) is 5.17. The number of aromatic nitrogens is 2. The van der Waals surface area contributed by atoms with Gasteiger partial charge in [0.25, 0.3) is 0 Å². The lowest BCUT2D eigenvalue weighted by Crippen LogP contribution is -2.20. The Morgan fingerprint density at radius 2 is 1.89 bits per heavy atom. The Morgan fingerprint density at radius 3 is 2.63 bits per heavy atom. The molecule has 0 aliphatic carbocycles. The second-order valence-corrected chi connectivity index (χ2v) is 7.18. The molecule has 2 aromatic carbocycles. The number of hydrogen-bond acceptors (Lipinski definition) is 6. The number of thioether (sulfide) groups is 1. The number of fused-ring (bicyclic) bond motifs is 1. The maximum atomic E-state index is 11.6. The number of aliphatic hydroxyl groups is 1. The van der Waals surface area contributed by atoms with Gasteiger partial charge in [-0.2, -0.15) is 0 Å². The van der Waals surface area contributed by atoms with E-state index < -0.39 is 6.10 Å². The zero-order valence-corrected chi connectivity index (χ0v) is 16.2. The molecule has 0 radical (unpaired) electrons. The summed E-state index contributed by atoms with van der Waals surface area (Å²) >= 11 is 1.49. The van der Waals surface area contributed by atoms with Crippen molar-refractivity contribution in [3.8, 4) is 5.75 Å². The smallest absolute Gasteiger partial charge is 0.162 e. The van der Waals surface area contributed by atoms with Crippen molar-refractivity contribution in [2.45, 2.75) is 31.4 Å². The maximum Gasteiger partial charge on any atom is 0.162 e. The van der Waals surface area contributed by atoms with Crippen LogP contribution in [0.5, 0.6) is 5.75 Å². The summed E-state index contributed by atoms with van der Waals surface area (Å²) in [5, 5.41) is 12.1. The van der Waals surface area contributed by atoms with E-state index in [0.29, 0.717) is 29.3 Å². The molecule has 0 spiro atoms. The first-order valence-corrected chi connectivity index (χ1v) is 9.85. The highest BCUT2D eigenvalue weighted by molar-refractivity contribution is 7.99. The number of aryl methyl sites for hydroxylation is 1. The Kier molecular flexibility index (Phi) is 6.42. The first-order chi connectivity index (χ1) is 13.1. The summed E-state index contributed by atoms with van der Waals surface area (Å²) in [5.41, 5.74) is 1.58. The van der Waals surface area contributed by atoms with Gasteiger partial charge in [-0.15, -0.1) is 11.8 Å². The van der Waals surface area contributed by atoms with Gasteiger partial charge in [-0.1, -0.05) is 25.1 Å². The summed E-state index contributed by atoms with van der Waals surface area (Å²) < 4.78 is 5.63. The third-order valence-electron chi connectivity index (χ3n) is 4.03. The zero-order valence-electron chi connectivity index (χ0n) is 15.4. The van der Waals surface area contributed by atoms with Gasteiger partial charge in [-0.05, 0) is 37.3 Å². The molecule has 1 N–H and O–H groups in total. The highest BCUT2D eigenvalue weighted by Gasteiger charge is 2.11. The lowest BCUT2D eigenvalue weighted by Gasteiger charge is -2.13. The van der Waals surface area contributed by atoms with E-state index in [1.165, 1.54) is 11.8 Å². The molecule has 0 fully saturated rings. The van der Waals surface area contributed by atoms with E-state index in [0.717, 1.165) is 15.9 Å². The van der Waals surface area contributed by atoms with Crippen molar-refractivity contribution in [2.75, 3.05) is 12.4 Å². The number of ketones is 1. The van der Waals surface area contributed by atoms with Crippen LogP contribution in [0, 0.1) is 6.92 Å². The van der Waals surface area contributed by atoms with Crippen molar-refractivity contribution >= 4 is 28.4 Å². The van der Waals surface area contributed by atoms with Crippen molar-refractivity contribution in [3.63, 3.8) is 0 Å². The van der Waals surface area contributed by atoms with Crippen molar-refractivity contribution in [1.29, 1.82) is 0 Å². The predicted octanol–water partition coefficient (Wildman–Crippen LogP) is 4.06. The van der Waals surface area contributed by atoms with Crippen molar-refractivity contribution in [1.82, 2.24) is 9.97 Å². The molecule has 140 valence electrons. The Morgan fingerprint density at radius 1 is 1.15 bits per heavy atom. The largest absolute Gasteiger partial charge is 0.491 e. The summed E-state index contributed by atoms with van der Waals surface area (Å²) in [6, 6.07) is 14.9. The van der Waals surface area contributed by atoms with Crippen LogP contribution >= 0.6 is 11.8 Å². The highest BCUT2D eigenvalue weighted by atomic mass is 32.2. The Labute approximate surface area is 162 Å². The molecule has 5 nitrogen and oxygen atoms in total. The number of carbonyl (C=O) groups excluding carboxylic acids is 1. The third kappa shape index (κ3) is 5.05. The number of Topliss-reactive ketones (excluding diaryl/α,β-unsaturated/α-hetero) is 1. The molecule has 3 rings (SSSR count). The van der Waals surface area contributed by atoms with E-state index >= 15 is 0 Å². The number of ether oxygens (including phenoxy) is 1. The fourth-order valence-corrected chi connectivity index (χ4v) is 3.60. The second kappa shape index (κ2) is 8.97. The van der Waals surface area contributed by atoms with Crippen LogP contribution < -0.4 is 4.74 Å². The molecule has 0 bridgehead atoms. The molecule has 0 aliphatic rings. The van der Waals surface area contributed by atoms with Gasteiger partial charge >= 0.3 is 0 Å². The van der Waals surface area contributed by atoms with Crippen molar-refractivity contribution in [3.05, 3.63) is 59.9 Å². The maximum absolute atomic E-state index is 11.6. The first-order valence-electron chi connectivity index (χ1n) is 8.87. The molecular formula is C21H22N2O3S. The van der Waals surface area contributed by atoms with E-state index in [1.807, 2.05) is 38.1 Å². The molecule has 0 amide bonds. The standard InChI is InChI=1S/C21H22N2O3S/c1-3-20(25)15-8-10-17(11-9-15)26-12-16(24)13-27-21-18-6-4-5-7-19(18)22-14(2)23-21/h4-11,16,24H,3,12-13H2,1-2H3/t16-/m1/s1. The SMILES string of the molecule is CCC(=O)c1ccc(OC[C@@H](O)CSc2nc(C)nc3ccccc23)cc1. The Bertz CT molecular complexity index is 928. The molecule has 0 saturated carbocycles. The van der Waals surface area contributed by atoms with E-state index in [4.69, 9.17) is 4.74 Å². The van der Waals surface area contributed by atoms with Crippen molar-refractivity contribution < 1.29 is 14.6 Å². The minimum absolute atomic E-state index is 0.102. The van der Waals surface area contributed by atoms with Crippen molar-refractivity contribution in [2.24, 2.45) is 0 Å². The van der Waals surface area contributed by atoms with Crippen LogP contribution in [0.25, 0.3) is 10.9 Å². The fourth-order valence-electron chi connectivity index (χ4n) is 2.63. The van der Waals surface area contributed by atoms with Gasteiger partial charge in [0, 0.05) is 23.1 Å². The van der Waals surface area contributed by atoms with Gasteiger partial charge in [-0.25, -0.2) is 9.97 Å². The molecule has 0 aliphatic heterocycles. The van der Waals surface area contributed by atoms with E-state index in [1.54, 1.807) is 24.3 Å². The molecule has 0 saturated heterocycles. The predicted molar refractivity (Wildman–Crippen MR) is 108 cm³/mol. The van der Waals surface area contributed by atoms with Crippen LogP contribution in [0.15, 0.2) is 53.6 Å². The second-order valence-electron chi connectivity index (χ2n) is 6.17. The van der Waals surface area contributed by atoms with E-state index in [9.17, 15) is 9.90 Å². The summed E-state index contributed by atoms with van der Waals surface area (Å²) in [6.07, 6.45) is -0.158. The lowest BCUT2D eigenvalue weighted by molar-refractivity contribution is 0.0987. The van der Waals surface area contributed by atoms with Gasteiger partial charge in [0.15, 0.2) is 5.78 Å². The Balaban J connectivity index is 1.56. The summed E-state index contributed by atoms with van der Waals surface area (Å²) in [4.78, 5) is 20.6. The van der Waals surface area contributed by atoms with E-state index in [2.05, 4.69) is 9.97 Å². The Hall–Kier alpha value is -2.44. The average molecular weight is 382 g/mol. The van der Waals surface area contributed by atoms with Crippen LogP contribution in [-0.2, 0) is 0 Å². The van der Waals surface area contributed by atoms with Crippen LogP contribution in [0.2, 0.25) is 0 Å². The van der Waals surface area contributed by atoms with Gasteiger partial charge in [-0.3, -0.25) is 4.79 Å². The topological polar surface area (TPSA) is 72.3 Å². The lowest BCUT2D eigenvalue weighted by atomic mass is 10.1. The highest BCUT2D eigenvalue weighted by Crippen LogP contribution is 2.25. The first kappa shape index (κ1) is 19.3. The zero-order chi connectivity index (χ0) is 19.2. The van der Waals surface area contributed by atoms with Gasteiger partial charge < -0.3 is 9.84 Å². The monoisotopic (exact) mass is 382 g/mol. The number of para-hydroxylation sites is 1. The summed E-state index contributed by atoms with van der Waals surface area (Å²) in [5.74, 6) is 1.91. The molecule has 27 heavy (non-hydrogen) atoms. The van der Waals surface area contributed by atoms with E-state index in [-0.39, 0.29) is 12.4 Å². The van der Waals surface area contributed by atoms with Crippen LogP contribution in [0.3, 0.4) is 0 Å². The van der Waals surface area contributed by atoms with Crippen LogP contribution in [-0.4, -0.2) is 39.3 Å². The number of benzene rings is 2. The normalized spacial score (nSPS) is 12.1. The van der Waals surface area contributed by atoms with Gasteiger partial charge in [0.1, 0.15) is 23.2 Å². The van der Waals surface area contributed by atoms with Gasteiger partial charge in [0.2, 0.25) is 0 Å². The minimum Gasteiger partial charge on any atom is -0.491 e. The summed E-state index contributed by atoms with van der Waals surface area (Å²) in [6.45, 7) is 3.88. The molecule has 1 aromatic heterocycles. The molecular weight excluding hydrogens is 360 g/mol. The van der Waals surface area contributed by atoms with Gasteiger partial charge in [0.05, 0.1) is 11.6 Å². The molecule has 1 heterocycles. The average Bonchev–Trinajstić information content (AvgIpc) is 2.70. The minimum atomic E-state index is -0.638. The quantitative estimate of drug-likeness (QED) is 0.360. The molecule has 1 atom stereocenters. The molecule has 6 heteroatoms. The number of carbonyl (C=O) groups is 1. The molecule has 0 unspecified atom stereocenters.